The Bertz CT molecular complexity index is 1040. The smallest absolute Gasteiger partial charge is 0.335 e. The van der Waals surface area contributed by atoms with E-state index >= 15 is 0 Å². The number of rotatable bonds is 6. The Kier molecular flexibility index (Phi) is 5.34. The zero-order valence-electron chi connectivity index (χ0n) is 16.5. The highest BCUT2D eigenvalue weighted by atomic mass is 16.4. The van der Waals surface area contributed by atoms with Crippen molar-refractivity contribution < 1.29 is 14.7 Å². The molecule has 0 bridgehead atoms. The van der Waals surface area contributed by atoms with Crippen LogP contribution in [0, 0.1) is 0 Å². The van der Waals surface area contributed by atoms with Crippen molar-refractivity contribution in [1.29, 1.82) is 0 Å². The Morgan fingerprint density at radius 3 is 2.62 bits per heavy atom. The molecule has 0 aliphatic carbocycles. The maximum Gasteiger partial charge on any atom is 0.335 e. The summed E-state index contributed by atoms with van der Waals surface area (Å²) in [6.07, 6.45) is 2.93. The lowest BCUT2D eigenvalue weighted by Gasteiger charge is -2.25. The Balaban J connectivity index is 1.49. The average molecular weight is 391 g/mol. The molecule has 2 heterocycles. The van der Waals surface area contributed by atoms with Crippen LogP contribution in [0.3, 0.4) is 0 Å². The first kappa shape index (κ1) is 19.2. The number of carbonyl (C=O) groups is 2. The van der Waals surface area contributed by atoms with Gasteiger partial charge in [-0.2, -0.15) is 0 Å². The van der Waals surface area contributed by atoms with Crippen molar-refractivity contribution in [3.63, 3.8) is 0 Å². The molecule has 4 rings (SSSR count). The molecule has 1 amide bonds. The van der Waals surface area contributed by atoms with Gasteiger partial charge in [0.05, 0.1) is 22.6 Å². The summed E-state index contributed by atoms with van der Waals surface area (Å²) in [5.74, 6) is 0.168. The van der Waals surface area contributed by atoms with Crippen LogP contribution >= 0.6 is 0 Å². The van der Waals surface area contributed by atoms with E-state index in [4.69, 9.17) is 10.1 Å². The first-order valence-corrected chi connectivity index (χ1v) is 10.2. The number of para-hydroxylation sites is 2. The zero-order chi connectivity index (χ0) is 20.4. The van der Waals surface area contributed by atoms with Gasteiger partial charge in [0.2, 0.25) is 5.91 Å². The average Bonchev–Trinajstić information content (AvgIpc) is 3.36. The number of nitrogens with zero attached hydrogens (tertiary/aromatic N) is 3. The largest absolute Gasteiger partial charge is 0.478 e. The highest BCUT2D eigenvalue weighted by Crippen LogP contribution is 2.34. The van der Waals surface area contributed by atoms with E-state index in [1.165, 1.54) is 0 Å². The summed E-state index contributed by atoms with van der Waals surface area (Å²) in [6, 6.07) is 14.9. The number of carboxylic acid groups (broad SMARTS) is 1. The number of aromatic carboxylic acids is 1. The minimum Gasteiger partial charge on any atom is -0.478 e. The topological polar surface area (TPSA) is 75.4 Å². The quantitative estimate of drug-likeness (QED) is 0.688. The molecular formula is C23H25N3O3. The molecule has 3 aromatic rings. The van der Waals surface area contributed by atoms with E-state index in [9.17, 15) is 9.59 Å². The number of carboxylic acids is 1. The molecule has 0 spiro atoms. The van der Waals surface area contributed by atoms with Crippen LogP contribution in [0.1, 0.15) is 54.0 Å². The number of hydrogen-bond acceptors (Lipinski definition) is 3. The number of benzene rings is 2. The van der Waals surface area contributed by atoms with Gasteiger partial charge in [-0.3, -0.25) is 4.79 Å². The fourth-order valence-electron chi connectivity index (χ4n) is 4.22. The van der Waals surface area contributed by atoms with E-state index in [2.05, 4.69) is 17.6 Å². The van der Waals surface area contributed by atoms with Crippen molar-refractivity contribution in [2.45, 2.75) is 45.2 Å². The third-order valence-corrected chi connectivity index (χ3v) is 5.70. The maximum absolute atomic E-state index is 13.0. The van der Waals surface area contributed by atoms with Crippen LogP contribution in [-0.2, 0) is 17.8 Å². The van der Waals surface area contributed by atoms with Crippen LogP contribution in [-0.4, -0.2) is 38.0 Å². The van der Waals surface area contributed by atoms with E-state index in [-0.39, 0.29) is 17.5 Å². The number of hydrogen-bond donors (Lipinski definition) is 1. The lowest BCUT2D eigenvalue weighted by molar-refractivity contribution is -0.132. The molecule has 0 radical (unpaired) electrons. The van der Waals surface area contributed by atoms with E-state index in [0.29, 0.717) is 12.8 Å². The van der Waals surface area contributed by atoms with Gasteiger partial charge in [0.15, 0.2) is 0 Å². The first-order valence-electron chi connectivity index (χ1n) is 10.2. The van der Waals surface area contributed by atoms with Gasteiger partial charge in [-0.25, -0.2) is 9.78 Å². The van der Waals surface area contributed by atoms with Gasteiger partial charge in [0.1, 0.15) is 5.82 Å². The fraction of sp³-hybridized carbons (Fsp3) is 0.348. The fourth-order valence-corrected chi connectivity index (χ4v) is 4.22. The summed E-state index contributed by atoms with van der Waals surface area (Å²) in [5.41, 5.74) is 3.32. The minimum absolute atomic E-state index is 0.0178. The van der Waals surface area contributed by atoms with Gasteiger partial charge in [-0.15, -0.1) is 0 Å². The zero-order valence-corrected chi connectivity index (χ0v) is 16.5. The SMILES string of the molecule is CCn1c([C@H]2CCCN2C(=O)CCc2ccc(C(=O)O)cc2)nc2ccccc21. The Morgan fingerprint density at radius 2 is 1.90 bits per heavy atom. The van der Waals surface area contributed by atoms with Gasteiger partial charge < -0.3 is 14.6 Å². The normalized spacial score (nSPS) is 16.4. The van der Waals surface area contributed by atoms with E-state index in [1.807, 2.05) is 23.1 Å². The van der Waals surface area contributed by atoms with Crippen molar-refractivity contribution in [3.8, 4) is 0 Å². The summed E-state index contributed by atoms with van der Waals surface area (Å²) < 4.78 is 2.22. The second-order valence-corrected chi connectivity index (χ2v) is 7.45. The number of likely N-dealkylation sites (tertiary alicyclic amines) is 1. The summed E-state index contributed by atoms with van der Waals surface area (Å²) in [4.78, 5) is 30.8. The van der Waals surface area contributed by atoms with Gasteiger partial charge in [-0.05, 0) is 56.0 Å². The molecule has 0 saturated carbocycles. The summed E-state index contributed by atoms with van der Waals surface area (Å²) in [7, 11) is 0. The monoisotopic (exact) mass is 391 g/mol. The van der Waals surface area contributed by atoms with Crippen LogP contribution in [0.2, 0.25) is 0 Å². The summed E-state index contributed by atoms with van der Waals surface area (Å²) in [5, 5.41) is 9.00. The molecule has 1 fully saturated rings. The second kappa shape index (κ2) is 8.07. The van der Waals surface area contributed by atoms with Crippen molar-refractivity contribution >= 4 is 22.9 Å². The Labute approximate surface area is 169 Å². The Hall–Kier alpha value is -3.15. The molecule has 1 aliphatic heterocycles. The third-order valence-electron chi connectivity index (χ3n) is 5.70. The van der Waals surface area contributed by atoms with Crippen molar-refractivity contribution in [2.75, 3.05) is 6.54 Å². The number of aryl methyl sites for hydroxylation is 2. The van der Waals surface area contributed by atoms with Crippen LogP contribution in [0.5, 0.6) is 0 Å². The van der Waals surface area contributed by atoms with Gasteiger partial charge in [0.25, 0.3) is 0 Å². The van der Waals surface area contributed by atoms with Crippen LogP contribution in [0.15, 0.2) is 48.5 Å². The number of imidazole rings is 1. The molecule has 6 nitrogen and oxygen atoms in total. The lowest BCUT2D eigenvalue weighted by Crippen LogP contribution is -2.32. The van der Waals surface area contributed by atoms with Crippen LogP contribution in [0.25, 0.3) is 11.0 Å². The molecule has 29 heavy (non-hydrogen) atoms. The molecule has 0 unspecified atom stereocenters. The highest BCUT2D eigenvalue weighted by Gasteiger charge is 2.33. The predicted octanol–water partition coefficient (Wildman–Crippen LogP) is 4.05. The molecule has 1 N–H and O–H groups in total. The number of carbonyl (C=O) groups excluding carboxylic acids is 1. The molecule has 6 heteroatoms. The van der Waals surface area contributed by atoms with Crippen molar-refractivity contribution in [2.24, 2.45) is 0 Å². The summed E-state index contributed by atoms with van der Waals surface area (Å²) >= 11 is 0. The van der Waals surface area contributed by atoms with Crippen molar-refractivity contribution in [3.05, 3.63) is 65.5 Å². The number of fused-ring (bicyclic) bond motifs is 1. The van der Waals surface area contributed by atoms with Gasteiger partial charge >= 0.3 is 5.97 Å². The number of aromatic nitrogens is 2. The lowest BCUT2D eigenvalue weighted by atomic mass is 10.1. The second-order valence-electron chi connectivity index (χ2n) is 7.45. The predicted molar refractivity (Wildman–Crippen MR) is 111 cm³/mol. The standard InChI is InChI=1S/C23H25N3O3/c1-2-25-19-7-4-3-6-18(19)24-22(25)20-8-5-15-26(20)21(27)14-11-16-9-12-17(13-10-16)23(28)29/h3-4,6-7,9-10,12-13,20H,2,5,8,11,14-15H2,1H3,(H,28,29)/t20-/m1/s1. The molecule has 1 aromatic heterocycles. The third kappa shape index (κ3) is 3.75. The first-order chi connectivity index (χ1) is 14.1. The van der Waals surface area contributed by atoms with E-state index in [1.54, 1.807) is 24.3 Å². The van der Waals surface area contributed by atoms with E-state index in [0.717, 1.165) is 48.4 Å². The molecular weight excluding hydrogens is 366 g/mol. The molecule has 1 aliphatic rings. The molecule has 2 aromatic carbocycles. The minimum atomic E-state index is -0.939. The highest BCUT2D eigenvalue weighted by molar-refractivity contribution is 5.87. The maximum atomic E-state index is 13.0. The van der Waals surface area contributed by atoms with Gasteiger partial charge in [-0.1, -0.05) is 24.3 Å². The Morgan fingerprint density at radius 1 is 1.14 bits per heavy atom. The van der Waals surface area contributed by atoms with Gasteiger partial charge in [0, 0.05) is 19.5 Å². The van der Waals surface area contributed by atoms with Crippen molar-refractivity contribution in [1.82, 2.24) is 14.5 Å². The number of amides is 1. The summed E-state index contributed by atoms with van der Waals surface area (Å²) in [6.45, 7) is 3.69. The molecule has 1 saturated heterocycles. The van der Waals surface area contributed by atoms with Crippen LogP contribution in [0.4, 0.5) is 0 Å². The van der Waals surface area contributed by atoms with E-state index < -0.39 is 5.97 Å². The van der Waals surface area contributed by atoms with Crippen LogP contribution < -0.4 is 0 Å². The molecule has 1 atom stereocenters. The molecule has 150 valence electrons.